The maximum absolute atomic E-state index is 13.5. The largest absolute Gasteiger partial charge is 0.336 e. The highest BCUT2D eigenvalue weighted by atomic mass is 19.2. The highest BCUT2D eigenvalue weighted by Gasteiger charge is 2.33. The Morgan fingerprint density at radius 1 is 1.16 bits per heavy atom. The number of halogens is 2. The van der Waals surface area contributed by atoms with Crippen LogP contribution in [-0.4, -0.2) is 45.3 Å². The van der Waals surface area contributed by atoms with E-state index >= 15 is 0 Å². The minimum Gasteiger partial charge on any atom is -0.336 e. The Morgan fingerprint density at radius 3 is 2.74 bits per heavy atom. The third-order valence-corrected chi connectivity index (χ3v) is 6.91. The number of aromatic nitrogens is 2. The lowest BCUT2D eigenvalue weighted by atomic mass is 9.84. The molecule has 2 fully saturated rings. The number of benzene rings is 1. The van der Waals surface area contributed by atoms with E-state index in [9.17, 15) is 18.4 Å². The van der Waals surface area contributed by atoms with Crippen molar-refractivity contribution in [3.05, 3.63) is 62.8 Å². The van der Waals surface area contributed by atoms with Gasteiger partial charge in [0.15, 0.2) is 11.6 Å². The standard InChI is InChI=1S/C23H26F2N4O2/c24-18-5-4-14(10-19(18)25)11-28-8-6-16(12-28)21-26-20-13-29(23(31)15-2-1-3-15)9-7-17(20)22(30)27-21/h4-5,10,15-16H,1-3,6-9,11-13H2,(H,26,27,30)/t16-/m1/s1. The summed E-state index contributed by atoms with van der Waals surface area (Å²) in [5.74, 6) is -0.615. The average Bonchev–Trinajstić information content (AvgIpc) is 3.17. The van der Waals surface area contributed by atoms with Crippen LogP contribution >= 0.6 is 0 Å². The number of rotatable bonds is 4. The number of nitrogens with zero attached hydrogens (tertiary/aromatic N) is 3. The van der Waals surface area contributed by atoms with E-state index in [0.29, 0.717) is 44.0 Å². The molecular formula is C23H26F2N4O2. The van der Waals surface area contributed by atoms with E-state index in [4.69, 9.17) is 4.98 Å². The van der Waals surface area contributed by atoms with Gasteiger partial charge in [0.2, 0.25) is 5.91 Å². The first kappa shape index (κ1) is 20.3. The van der Waals surface area contributed by atoms with Gasteiger partial charge in [-0.25, -0.2) is 13.8 Å². The predicted octanol–water partition coefficient (Wildman–Crippen LogP) is 2.72. The van der Waals surface area contributed by atoms with Gasteiger partial charge in [0, 0.05) is 37.0 Å². The first-order chi connectivity index (χ1) is 15.0. The molecule has 1 saturated carbocycles. The molecule has 164 valence electrons. The zero-order valence-corrected chi connectivity index (χ0v) is 17.4. The van der Waals surface area contributed by atoms with Crippen molar-refractivity contribution in [2.45, 2.75) is 51.1 Å². The SMILES string of the molecule is O=C(C1CCC1)N1CCc2c(nc([C@@H]3CCN(Cc4ccc(F)c(F)c4)C3)[nH]c2=O)C1. The van der Waals surface area contributed by atoms with E-state index in [0.717, 1.165) is 49.6 Å². The second-order valence-corrected chi connectivity index (χ2v) is 8.98. The molecule has 0 radical (unpaired) electrons. The van der Waals surface area contributed by atoms with Crippen molar-refractivity contribution < 1.29 is 13.6 Å². The number of amides is 1. The Hall–Kier alpha value is -2.61. The Kier molecular flexibility index (Phi) is 5.33. The lowest BCUT2D eigenvalue weighted by molar-refractivity contribution is -0.139. The van der Waals surface area contributed by atoms with Crippen LogP contribution in [0.25, 0.3) is 0 Å². The molecule has 1 amide bonds. The molecule has 0 unspecified atom stereocenters. The normalized spacial score (nSPS) is 21.7. The van der Waals surface area contributed by atoms with Crippen LogP contribution in [0.4, 0.5) is 8.78 Å². The van der Waals surface area contributed by atoms with Gasteiger partial charge < -0.3 is 9.88 Å². The molecule has 0 spiro atoms. The fraction of sp³-hybridized carbons (Fsp3) is 0.522. The maximum Gasteiger partial charge on any atom is 0.254 e. The first-order valence-electron chi connectivity index (χ1n) is 11.0. The van der Waals surface area contributed by atoms with Crippen molar-refractivity contribution in [1.82, 2.24) is 19.8 Å². The van der Waals surface area contributed by atoms with E-state index in [1.807, 2.05) is 4.90 Å². The zero-order chi connectivity index (χ0) is 21.5. The third kappa shape index (κ3) is 4.01. The monoisotopic (exact) mass is 428 g/mol. The predicted molar refractivity (Wildman–Crippen MR) is 110 cm³/mol. The van der Waals surface area contributed by atoms with Gasteiger partial charge in [0.1, 0.15) is 5.82 Å². The molecule has 0 bridgehead atoms. The molecule has 1 aromatic heterocycles. The van der Waals surface area contributed by atoms with Crippen LogP contribution in [0, 0.1) is 17.6 Å². The number of fused-ring (bicyclic) bond motifs is 1. The lowest BCUT2D eigenvalue weighted by Gasteiger charge is -2.34. The fourth-order valence-corrected chi connectivity index (χ4v) is 4.85. The third-order valence-electron chi connectivity index (χ3n) is 6.91. The van der Waals surface area contributed by atoms with Crippen LogP contribution in [0.1, 0.15) is 54.2 Å². The number of nitrogens with one attached hydrogen (secondary N) is 1. The van der Waals surface area contributed by atoms with Gasteiger partial charge in [-0.15, -0.1) is 0 Å². The molecule has 8 heteroatoms. The molecule has 1 aromatic carbocycles. The summed E-state index contributed by atoms with van der Waals surface area (Å²) in [6.45, 7) is 2.99. The minimum absolute atomic E-state index is 0.0704. The van der Waals surface area contributed by atoms with Crippen LogP contribution in [-0.2, 0) is 24.3 Å². The highest BCUT2D eigenvalue weighted by molar-refractivity contribution is 5.79. The molecule has 3 aliphatic rings. The van der Waals surface area contributed by atoms with Gasteiger partial charge in [-0.2, -0.15) is 0 Å². The number of carbonyl (C=O) groups excluding carboxylic acids is 1. The van der Waals surface area contributed by atoms with E-state index < -0.39 is 11.6 Å². The second kappa shape index (κ2) is 8.15. The topological polar surface area (TPSA) is 69.3 Å². The summed E-state index contributed by atoms with van der Waals surface area (Å²) < 4.78 is 26.7. The molecule has 3 heterocycles. The van der Waals surface area contributed by atoms with E-state index in [2.05, 4.69) is 9.88 Å². The number of hydrogen-bond acceptors (Lipinski definition) is 4. The van der Waals surface area contributed by atoms with Crippen LogP contribution in [0.15, 0.2) is 23.0 Å². The van der Waals surface area contributed by atoms with E-state index in [1.54, 1.807) is 6.07 Å². The number of likely N-dealkylation sites (tertiary alicyclic amines) is 1. The summed E-state index contributed by atoms with van der Waals surface area (Å²) in [5, 5.41) is 0. The van der Waals surface area contributed by atoms with Crippen LogP contribution < -0.4 is 5.56 Å². The molecule has 1 aliphatic carbocycles. The minimum atomic E-state index is -0.844. The summed E-state index contributed by atoms with van der Waals surface area (Å²) >= 11 is 0. The van der Waals surface area contributed by atoms with Crippen molar-refractivity contribution in [2.24, 2.45) is 5.92 Å². The van der Waals surface area contributed by atoms with Crippen LogP contribution in [0.3, 0.4) is 0 Å². The summed E-state index contributed by atoms with van der Waals surface area (Å²) in [6.07, 6.45) is 4.42. The number of aromatic amines is 1. The van der Waals surface area contributed by atoms with Crippen LogP contribution in [0.2, 0.25) is 0 Å². The van der Waals surface area contributed by atoms with Gasteiger partial charge in [-0.3, -0.25) is 14.5 Å². The van der Waals surface area contributed by atoms with E-state index in [-0.39, 0.29) is 23.3 Å². The molecule has 5 rings (SSSR count). The quantitative estimate of drug-likeness (QED) is 0.813. The fourth-order valence-electron chi connectivity index (χ4n) is 4.85. The molecule has 31 heavy (non-hydrogen) atoms. The molecule has 1 saturated heterocycles. The highest BCUT2D eigenvalue weighted by Crippen LogP contribution is 2.30. The van der Waals surface area contributed by atoms with Crippen molar-refractivity contribution >= 4 is 5.91 Å². The van der Waals surface area contributed by atoms with Gasteiger partial charge in [-0.05, 0) is 49.9 Å². The Labute approximate surface area is 179 Å². The van der Waals surface area contributed by atoms with Crippen molar-refractivity contribution in [3.8, 4) is 0 Å². The van der Waals surface area contributed by atoms with Crippen molar-refractivity contribution in [2.75, 3.05) is 19.6 Å². The summed E-state index contributed by atoms with van der Waals surface area (Å²) in [4.78, 5) is 37.0. The number of carbonyl (C=O) groups is 1. The van der Waals surface area contributed by atoms with Crippen molar-refractivity contribution in [3.63, 3.8) is 0 Å². The Morgan fingerprint density at radius 2 is 2.00 bits per heavy atom. The molecule has 6 nitrogen and oxygen atoms in total. The smallest absolute Gasteiger partial charge is 0.254 e. The summed E-state index contributed by atoms with van der Waals surface area (Å²) in [7, 11) is 0. The lowest BCUT2D eigenvalue weighted by Crippen LogP contribution is -2.43. The van der Waals surface area contributed by atoms with Gasteiger partial charge in [0.05, 0.1) is 12.2 Å². The molecule has 1 N–H and O–H groups in total. The molecule has 1 atom stereocenters. The molecule has 2 aromatic rings. The van der Waals surface area contributed by atoms with Crippen molar-refractivity contribution in [1.29, 1.82) is 0 Å². The number of hydrogen-bond donors (Lipinski definition) is 1. The molecule has 2 aliphatic heterocycles. The first-order valence-corrected chi connectivity index (χ1v) is 11.0. The maximum atomic E-state index is 13.5. The Balaban J connectivity index is 1.29. The average molecular weight is 428 g/mol. The summed E-state index contributed by atoms with van der Waals surface area (Å²) in [5.41, 5.74) is 2.03. The second-order valence-electron chi connectivity index (χ2n) is 8.98. The van der Waals surface area contributed by atoms with Gasteiger partial charge >= 0.3 is 0 Å². The van der Waals surface area contributed by atoms with Gasteiger partial charge in [-0.1, -0.05) is 12.5 Å². The zero-order valence-electron chi connectivity index (χ0n) is 17.4. The molecular weight excluding hydrogens is 402 g/mol. The van der Waals surface area contributed by atoms with Crippen LogP contribution in [0.5, 0.6) is 0 Å². The summed E-state index contributed by atoms with van der Waals surface area (Å²) in [6, 6.07) is 3.98. The van der Waals surface area contributed by atoms with Gasteiger partial charge in [0.25, 0.3) is 5.56 Å². The number of H-pyrrole nitrogens is 1. The van der Waals surface area contributed by atoms with E-state index in [1.165, 1.54) is 6.07 Å². The Bertz CT molecular complexity index is 1070.